The van der Waals surface area contributed by atoms with Gasteiger partial charge in [-0.05, 0) is 18.4 Å². The molecule has 0 aliphatic heterocycles. The number of thioether (sulfide) groups is 1. The highest BCUT2D eigenvalue weighted by atomic mass is 32.2. The number of aromatic nitrogens is 1. The van der Waals surface area contributed by atoms with Crippen LogP contribution in [0.2, 0.25) is 0 Å². The van der Waals surface area contributed by atoms with Crippen molar-refractivity contribution in [1.82, 2.24) is 4.98 Å². The maximum atomic E-state index is 11.2. The van der Waals surface area contributed by atoms with Crippen molar-refractivity contribution in [2.45, 2.75) is 0 Å². The van der Waals surface area contributed by atoms with Gasteiger partial charge in [-0.2, -0.15) is 11.8 Å². The Morgan fingerprint density at radius 1 is 1.57 bits per heavy atom. The highest BCUT2D eigenvalue weighted by Gasteiger charge is 2.00. The Morgan fingerprint density at radius 2 is 2.36 bits per heavy atom. The van der Waals surface area contributed by atoms with E-state index < -0.39 is 0 Å². The summed E-state index contributed by atoms with van der Waals surface area (Å²) in [6, 6.07) is 3.63. The molecule has 1 rings (SSSR count). The molecule has 0 spiro atoms. The van der Waals surface area contributed by atoms with Gasteiger partial charge in [-0.25, -0.2) is 4.98 Å². The summed E-state index contributed by atoms with van der Waals surface area (Å²) in [7, 11) is 1.80. The van der Waals surface area contributed by atoms with Gasteiger partial charge in [0, 0.05) is 7.05 Å². The van der Waals surface area contributed by atoms with E-state index in [2.05, 4.69) is 15.6 Å². The van der Waals surface area contributed by atoms with Crippen molar-refractivity contribution < 1.29 is 4.79 Å². The molecule has 76 valence electrons. The monoisotopic (exact) mass is 211 g/mol. The van der Waals surface area contributed by atoms with E-state index in [1.807, 2.05) is 18.4 Å². The van der Waals surface area contributed by atoms with E-state index in [4.69, 9.17) is 0 Å². The lowest BCUT2D eigenvalue weighted by molar-refractivity contribution is -0.113. The van der Waals surface area contributed by atoms with Crippen molar-refractivity contribution in [3.8, 4) is 0 Å². The molecule has 0 aliphatic rings. The molecule has 1 aromatic rings. The Balaban J connectivity index is 2.55. The zero-order chi connectivity index (χ0) is 10.4. The molecule has 4 nitrogen and oxygen atoms in total. The molecule has 2 N–H and O–H groups in total. The van der Waals surface area contributed by atoms with Crippen LogP contribution in [0.15, 0.2) is 18.3 Å². The molecule has 1 heterocycles. The summed E-state index contributed by atoms with van der Waals surface area (Å²) < 4.78 is 0. The lowest BCUT2D eigenvalue weighted by Crippen LogP contribution is -2.13. The molecular formula is C9H13N3OS. The average Bonchev–Trinajstić information content (AvgIpc) is 2.19. The molecule has 0 fully saturated rings. The highest BCUT2D eigenvalue weighted by molar-refractivity contribution is 7.99. The fourth-order valence-electron chi connectivity index (χ4n) is 0.944. The first-order chi connectivity index (χ1) is 6.76. The summed E-state index contributed by atoms with van der Waals surface area (Å²) in [5, 5.41) is 5.65. The Kier molecular flexibility index (Phi) is 4.25. The van der Waals surface area contributed by atoms with Crippen molar-refractivity contribution in [3.05, 3.63) is 18.3 Å². The molecule has 0 unspecified atom stereocenters. The van der Waals surface area contributed by atoms with Crippen LogP contribution >= 0.6 is 11.8 Å². The van der Waals surface area contributed by atoms with Gasteiger partial charge < -0.3 is 10.6 Å². The second-order valence-electron chi connectivity index (χ2n) is 2.66. The summed E-state index contributed by atoms with van der Waals surface area (Å²) in [5.74, 6) is 1.25. The molecule has 0 radical (unpaired) electrons. The molecule has 0 saturated carbocycles. The highest BCUT2D eigenvalue weighted by Crippen LogP contribution is 2.09. The number of carbonyl (C=O) groups is 1. The van der Waals surface area contributed by atoms with Crippen molar-refractivity contribution in [2.75, 3.05) is 29.7 Å². The lowest BCUT2D eigenvalue weighted by Gasteiger charge is -2.04. The first-order valence-corrected chi connectivity index (χ1v) is 5.58. The van der Waals surface area contributed by atoms with Gasteiger partial charge in [0.25, 0.3) is 0 Å². The molecule has 0 saturated heterocycles. The van der Waals surface area contributed by atoms with Gasteiger partial charge in [0.1, 0.15) is 5.82 Å². The van der Waals surface area contributed by atoms with Crippen LogP contribution < -0.4 is 10.6 Å². The van der Waals surface area contributed by atoms with Gasteiger partial charge in [0.2, 0.25) is 5.91 Å². The number of rotatable bonds is 4. The van der Waals surface area contributed by atoms with Gasteiger partial charge >= 0.3 is 0 Å². The first kappa shape index (κ1) is 10.8. The number of nitrogens with zero attached hydrogens (tertiary/aromatic N) is 1. The fraction of sp³-hybridized carbons (Fsp3) is 0.333. The minimum absolute atomic E-state index is 0.00323. The van der Waals surface area contributed by atoms with Crippen LogP contribution in [0.3, 0.4) is 0 Å². The van der Waals surface area contributed by atoms with Gasteiger partial charge in [-0.3, -0.25) is 4.79 Å². The maximum Gasteiger partial charge on any atom is 0.234 e. The molecule has 0 aliphatic carbocycles. The third-order valence-electron chi connectivity index (χ3n) is 1.58. The minimum atomic E-state index is -0.00323. The van der Waals surface area contributed by atoms with Crippen LogP contribution in [0.4, 0.5) is 11.5 Å². The summed E-state index contributed by atoms with van der Waals surface area (Å²) in [4.78, 5) is 15.3. The molecule has 0 aromatic carbocycles. The number of anilines is 2. The van der Waals surface area contributed by atoms with E-state index in [1.165, 1.54) is 11.8 Å². The largest absolute Gasteiger partial charge is 0.373 e. The SMILES string of the molecule is CNc1ccc(NC(=O)CSC)cn1. The van der Waals surface area contributed by atoms with E-state index in [0.29, 0.717) is 5.75 Å². The molecule has 1 aromatic heterocycles. The molecule has 1 amide bonds. The topological polar surface area (TPSA) is 54.0 Å². The molecule has 0 atom stereocenters. The van der Waals surface area contributed by atoms with E-state index in [9.17, 15) is 4.79 Å². The molecule has 0 bridgehead atoms. The first-order valence-electron chi connectivity index (χ1n) is 4.19. The summed E-state index contributed by atoms with van der Waals surface area (Å²) in [6.07, 6.45) is 3.52. The maximum absolute atomic E-state index is 11.2. The summed E-state index contributed by atoms with van der Waals surface area (Å²) >= 11 is 1.49. The van der Waals surface area contributed by atoms with Gasteiger partial charge in [-0.1, -0.05) is 0 Å². The lowest BCUT2D eigenvalue weighted by atomic mass is 10.4. The zero-order valence-electron chi connectivity index (χ0n) is 8.20. The molecule has 14 heavy (non-hydrogen) atoms. The average molecular weight is 211 g/mol. The smallest absolute Gasteiger partial charge is 0.234 e. The van der Waals surface area contributed by atoms with Crippen molar-refractivity contribution >= 4 is 29.2 Å². The van der Waals surface area contributed by atoms with Crippen molar-refractivity contribution in [2.24, 2.45) is 0 Å². The quantitative estimate of drug-likeness (QED) is 0.791. The fourth-order valence-corrected chi connectivity index (χ4v) is 1.28. The number of hydrogen-bond acceptors (Lipinski definition) is 4. The van der Waals surface area contributed by atoms with Crippen LogP contribution in [-0.2, 0) is 4.79 Å². The third-order valence-corrected chi connectivity index (χ3v) is 2.13. The minimum Gasteiger partial charge on any atom is -0.373 e. The number of amides is 1. The third kappa shape index (κ3) is 3.26. The van der Waals surface area contributed by atoms with Crippen LogP contribution in [-0.4, -0.2) is 29.9 Å². The summed E-state index contributed by atoms with van der Waals surface area (Å²) in [5.41, 5.74) is 0.725. The predicted octanol–water partition coefficient (Wildman–Crippen LogP) is 1.42. The van der Waals surface area contributed by atoms with Crippen LogP contribution in [0.5, 0.6) is 0 Å². The molecule has 5 heteroatoms. The molecular weight excluding hydrogens is 198 g/mol. The van der Waals surface area contributed by atoms with Crippen molar-refractivity contribution in [3.63, 3.8) is 0 Å². The van der Waals surface area contributed by atoms with E-state index >= 15 is 0 Å². The Labute approximate surface area is 87.5 Å². The number of nitrogens with one attached hydrogen (secondary N) is 2. The van der Waals surface area contributed by atoms with Gasteiger partial charge in [0.15, 0.2) is 0 Å². The van der Waals surface area contributed by atoms with Crippen molar-refractivity contribution in [1.29, 1.82) is 0 Å². The normalized spacial score (nSPS) is 9.57. The predicted molar refractivity (Wildman–Crippen MR) is 60.8 cm³/mol. The van der Waals surface area contributed by atoms with Gasteiger partial charge in [-0.15, -0.1) is 0 Å². The van der Waals surface area contributed by atoms with E-state index in [-0.39, 0.29) is 5.91 Å². The Bertz CT molecular complexity index is 299. The zero-order valence-corrected chi connectivity index (χ0v) is 9.02. The second kappa shape index (κ2) is 5.49. The van der Waals surface area contributed by atoms with E-state index in [1.54, 1.807) is 13.2 Å². The van der Waals surface area contributed by atoms with Crippen LogP contribution in [0, 0.1) is 0 Å². The Hall–Kier alpha value is -1.23. The second-order valence-corrected chi connectivity index (χ2v) is 3.53. The number of pyridine rings is 1. The van der Waals surface area contributed by atoms with Crippen LogP contribution in [0.25, 0.3) is 0 Å². The number of hydrogen-bond donors (Lipinski definition) is 2. The van der Waals surface area contributed by atoms with E-state index in [0.717, 1.165) is 11.5 Å². The standard InChI is InChI=1S/C9H13N3OS/c1-10-8-4-3-7(5-11-8)12-9(13)6-14-2/h3-5H,6H2,1-2H3,(H,10,11)(H,12,13). The van der Waals surface area contributed by atoms with Gasteiger partial charge in [0.05, 0.1) is 17.6 Å². The Morgan fingerprint density at radius 3 is 2.86 bits per heavy atom. The van der Waals surface area contributed by atoms with Crippen LogP contribution in [0.1, 0.15) is 0 Å². The number of carbonyl (C=O) groups excluding carboxylic acids is 1. The summed E-state index contributed by atoms with van der Waals surface area (Å²) in [6.45, 7) is 0.